The Kier molecular flexibility index (Phi) is 5.09. The molecule has 0 fully saturated rings. The Hall–Kier alpha value is -2.49. The van der Waals surface area contributed by atoms with Gasteiger partial charge in [0.25, 0.3) is 5.91 Å². The highest BCUT2D eigenvalue weighted by Gasteiger charge is 2.15. The van der Waals surface area contributed by atoms with E-state index in [-0.39, 0.29) is 5.91 Å². The third-order valence-electron chi connectivity index (χ3n) is 3.30. The topological polar surface area (TPSA) is 80.9 Å². The summed E-state index contributed by atoms with van der Waals surface area (Å²) in [4.78, 5) is 16.6. The zero-order valence-corrected chi connectivity index (χ0v) is 15.7. The van der Waals surface area contributed by atoms with Crippen LogP contribution in [0, 0.1) is 0 Å². The molecule has 0 spiro atoms. The molecule has 0 bridgehead atoms. The van der Waals surface area contributed by atoms with Crippen molar-refractivity contribution in [1.29, 1.82) is 0 Å². The molecule has 0 aliphatic rings. The zero-order chi connectivity index (χ0) is 17.8. The van der Waals surface area contributed by atoms with Gasteiger partial charge in [-0.15, -0.1) is 21.5 Å². The van der Waals surface area contributed by atoms with Gasteiger partial charge in [0.2, 0.25) is 5.13 Å². The Balaban J connectivity index is 1.37. The van der Waals surface area contributed by atoms with Crippen molar-refractivity contribution < 1.29 is 9.21 Å². The molecule has 6 nitrogen and oxygen atoms in total. The molecule has 0 saturated heterocycles. The maximum atomic E-state index is 12.3. The van der Waals surface area contributed by atoms with Crippen molar-refractivity contribution in [2.75, 3.05) is 5.32 Å². The summed E-state index contributed by atoms with van der Waals surface area (Å²) in [5.41, 5.74) is 1.54. The number of benzene rings is 1. The number of nitrogens with zero attached hydrogens (tertiary/aromatic N) is 3. The summed E-state index contributed by atoms with van der Waals surface area (Å²) in [6, 6.07) is 13.7. The molecular formula is C17H12N4O2S3. The maximum absolute atomic E-state index is 12.3. The minimum Gasteiger partial charge on any atom is -0.462 e. The Morgan fingerprint density at radius 3 is 2.85 bits per heavy atom. The van der Waals surface area contributed by atoms with Crippen LogP contribution in [-0.2, 0) is 5.75 Å². The lowest BCUT2D eigenvalue weighted by atomic mass is 10.2. The van der Waals surface area contributed by atoms with E-state index in [1.54, 1.807) is 29.5 Å². The van der Waals surface area contributed by atoms with E-state index < -0.39 is 0 Å². The SMILES string of the molecule is O=C(Nc1nnc(SCc2ccccc2)s1)c1csc(-c2ccco2)n1. The van der Waals surface area contributed by atoms with Crippen molar-refractivity contribution in [3.63, 3.8) is 0 Å². The molecule has 130 valence electrons. The van der Waals surface area contributed by atoms with Crippen LogP contribution in [0.5, 0.6) is 0 Å². The summed E-state index contributed by atoms with van der Waals surface area (Å²) in [5, 5.41) is 13.7. The van der Waals surface area contributed by atoms with E-state index in [4.69, 9.17) is 4.42 Å². The fourth-order valence-corrected chi connectivity index (χ4v) is 4.56. The lowest BCUT2D eigenvalue weighted by Gasteiger charge is -1.97. The normalized spacial score (nSPS) is 10.8. The van der Waals surface area contributed by atoms with Crippen LogP contribution in [-0.4, -0.2) is 21.1 Å². The van der Waals surface area contributed by atoms with Gasteiger partial charge in [-0.2, -0.15) is 0 Å². The smallest absolute Gasteiger partial charge is 0.276 e. The highest BCUT2D eigenvalue weighted by atomic mass is 32.2. The molecule has 4 aromatic rings. The first-order valence-electron chi connectivity index (χ1n) is 7.59. The average molecular weight is 401 g/mol. The van der Waals surface area contributed by atoms with Crippen molar-refractivity contribution in [3.8, 4) is 10.8 Å². The number of nitrogens with one attached hydrogen (secondary N) is 1. The number of carbonyl (C=O) groups is 1. The van der Waals surface area contributed by atoms with Crippen LogP contribution in [0.3, 0.4) is 0 Å². The van der Waals surface area contributed by atoms with Gasteiger partial charge in [-0.25, -0.2) is 4.98 Å². The minimum atomic E-state index is -0.310. The van der Waals surface area contributed by atoms with Gasteiger partial charge in [0.15, 0.2) is 15.1 Å². The maximum Gasteiger partial charge on any atom is 0.276 e. The largest absolute Gasteiger partial charge is 0.462 e. The van der Waals surface area contributed by atoms with Crippen molar-refractivity contribution in [2.24, 2.45) is 0 Å². The number of hydrogen-bond acceptors (Lipinski definition) is 8. The van der Waals surface area contributed by atoms with E-state index in [9.17, 15) is 4.79 Å². The monoisotopic (exact) mass is 400 g/mol. The van der Waals surface area contributed by atoms with E-state index in [1.165, 1.54) is 28.2 Å². The summed E-state index contributed by atoms with van der Waals surface area (Å²) >= 11 is 4.29. The molecule has 0 atom stereocenters. The molecule has 0 unspecified atom stereocenters. The molecule has 1 N–H and O–H groups in total. The minimum absolute atomic E-state index is 0.310. The zero-order valence-electron chi connectivity index (χ0n) is 13.3. The predicted octanol–water partition coefficient (Wildman–Crippen LogP) is 4.80. The second-order valence-corrected chi connectivity index (χ2v) is 8.17. The van der Waals surface area contributed by atoms with Gasteiger partial charge in [0.05, 0.1) is 6.26 Å². The standard InChI is InChI=1S/C17H12N4O2S3/c22-14(12-10-24-15(18-12)13-7-4-8-23-13)19-16-20-21-17(26-16)25-9-11-5-2-1-3-6-11/h1-8,10H,9H2,(H,19,20,22). The first-order valence-corrected chi connectivity index (χ1v) is 10.3. The summed E-state index contributed by atoms with van der Waals surface area (Å²) < 4.78 is 6.10. The van der Waals surface area contributed by atoms with Crippen LogP contribution in [0.2, 0.25) is 0 Å². The van der Waals surface area contributed by atoms with Crippen LogP contribution in [0.15, 0.2) is 62.9 Å². The molecule has 0 aliphatic heterocycles. The first-order chi connectivity index (χ1) is 12.8. The van der Waals surface area contributed by atoms with Crippen LogP contribution in [0.25, 0.3) is 10.8 Å². The van der Waals surface area contributed by atoms with Crippen LogP contribution in [0.1, 0.15) is 16.1 Å². The number of rotatable bonds is 6. The van der Waals surface area contributed by atoms with Crippen LogP contribution >= 0.6 is 34.4 Å². The Morgan fingerprint density at radius 1 is 1.15 bits per heavy atom. The van der Waals surface area contributed by atoms with Crippen molar-refractivity contribution in [2.45, 2.75) is 10.1 Å². The molecule has 26 heavy (non-hydrogen) atoms. The number of furan rings is 1. The van der Waals surface area contributed by atoms with Gasteiger partial charge >= 0.3 is 0 Å². The second kappa shape index (κ2) is 7.81. The van der Waals surface area contributed by atoms with Gasteiger partial charge in [0, 0.05) is 11.1 Å². The molecule has 0 radical (unpaired) electrons. The number of carbonyl (C=O) groups excluding carboxylic acids is 1. The van der Waals surface area contributed by atoms with Gasteiger partial charge in [-0.05, 0) is 17.7 Å². The molecule has 1 aromatic carbocycles. The van der Waals surface area contributed by atoms with Gasteiger partial charge in [0.1, 0.15) is 5.69 Å². The Labute approximate surface area is 161 Å². The number of thioether (sulfide) groups is 1. The number of hydrogen-bond donors (Lipinski definition) is 1. The molecule has 0 saturated carbocycles. The van der Waals surface area contributed by atoms with Crippen molar-refractivity contribution in [3.05, 3.63) is 65.4 Å². The second-order valence-electron chi connectivity index (χ2n) is 5.12. The number of thiazole rings is 1. The quantitative estimate of drug-likeness (QED) is 0.370. The van der Waals surface area contributed by atoms with Crippen molar-refractivity contribution in [1.82, 2.24) is 15.2 Å². The number of anilines is 1. The molecule has 9 heteroatoms. The average Bonchev–Trinajstić information content (AvgIpc) is 3.41. The first kappa shape index (κ1) is 17.0. The summed E-state index contributed by atoms with van der Waals surface area (Å²) in [5.74, 6) is 1.14. The molecule has 4 rings (SSSR count). The molecule has 3 aromatic heterocycles. The number of aromatic nitrogens is 3. The molecule has 3 heterocycles. The van der Waals surface area contributed by atoms with Crippen LogP contribution in [0.4, 0.5) is 5.13 Å². The number of amides is 1. The molecule has 0 aliphatic carbocycles. The highest BCUT2D eigenvalue weighted by Crippen LogP contribution is 2.29. The third-order valence-corrected chi connectivity index (χ3v) is 6.20. The van der Waals surface area contributed by atoms with E-state index >= 15 is 0 Å². The van der Waals surface area contributed by atoms with E-state index in [1.807, 2.05) is 24.3 Å². The summed E-state index contributed by atoms with van der Waals surface area (Å²) in [6.07, 6.45) is 1.58. The highest BCUT2D eigenvalue weighted by molar-refractivity contribution is 8.00. The fraction of sp³-hybridized carbons (Fsp3) is 0.0588. The van der Waals surface area contributed by atoms with Gasteiger partial charge < -0.3 is 4.42 Å². The lowest BCUT2D eigenvalue weighted by molar-refractivity contribution is 0.102. The molecular weight excluding hydrogens is 388 g/mol. The fourth-order valence-electron chi connectivity index (χ4n) is 2.09. The summed E-state index contributed by atoms with van der Waals surface area (Å²) in [6.45, 7) is 0. The Morgan fingerprint density at radius 2 is 2.04 bits per heavy atom. The third kappa shape index (κ3) is 4.01. The van der Waals surface area contributed by atoms with Gasteiger partial charge in [-0.3, -0.25) is 10.1 Å². The van der Waals surface area contributed by atoms with E-state index in [2.05, 4.69) is 32.6 Å². The predicted molar refractivity (Wildman–Crippen MR) is 104 cm³/mol. The summed E-state index contributed by atoms with van der Waals surface area (Å²) in [7, 11) is 0. The molecule has 1 amide bonds. The van der Waals surface area contributed by atoms with E-state index in [0.29, 0.717) is 21.6 Å². The van der Waals surface area contributed by atoms with E-state index in [0.717, 1.165) is 10.1 Å². The lowest BCUT2D eigenvalue weighted by Crippen LogP contribution is -2.12. The van der Waals surface area contributed by atoms with Gasteiger partial charge in [-0.1, -0.05) is 53.4 Å². The van der Waals surface area contributed by atoms with Crippen molar-refractivity contribution >= 4 is 45.5 Å². The Bertz CT molecular complexity index is 996. The van der Waals surface area contributed by atoms with Crippen LogP contribution < -0.4 is 5.32 Å².